The number of nitrogens with one attached hydrogen (secondary N) is 2. The maximum absolute atomic E-state index is 12.5. The van der Waals surface area contributed by atoms with Crippen molar-refractivity contribution in [2.75, 3.05) is 38.2 Å². The lowest BCUT2D eigenvalue weighted by atomic mass is 9.96. The van der Waals surface area contributed by atoms with Gasteiger partial charge in [0.05, 0.1) is 18.8 Å². The van der Waals surface area contributed by atoms with Crippen molar-refractivity contribution in [2.45, 2.75) is 51.1 Å². The summed E-state index contributed by atoms with van der Waals surface area (Å²) in [5.74, 6) is 0.625. The minimum absolute atomic E-state index is 0.196. The first-order valence-corrected chi connectivity index (χ1v) is 10.3. The number of hydrogen-bond acceptors (Lipinski definition) is 5. The van der Waals surface area contributed by atoms with Crippen LogP contribution in [0.15, 0.2) is 24.3 Å². The molecule has 0 bridgehead atoms. The van der Waals surface area contributed by atoms with Gasteiger partial charge in [-0.05, 0) is 31.9 Å². The van der Waals surface area contributed by atoms with Crippen LogP contribution in [-0.4, -0.2) is 62.2 Å². The normalized spacial score (nSPS) is 19.7. The van der Waals surface area contributed by atoms with Crippen molar-refractivity contribution in [3.05, 3.63) is 24.3 Å². The lowest BCUT2D eigenvalue weighted by Gasteiger charge is -2.38. The van der Waals surface area contributed by atoms with Crippen molar-refractivity contribution < 1.29 is 14.3 Å². The number of piperazine rings is 1. The fraction of sp³-hybridized carbons (Fsp3) is 0.619. The molecule has 1 aromatic rings. The third kappa shape index (κ3) is 5.16. The van der Waals surface area contributed by atoms with Gasteiger partial charge in [0.1, 0.15) is 5.75 Å². The van der Waals surface area contributed by atoms with Crippen LogP contribution in [0.5, 0.6) is 5.75 Å². The zero-order valence-corrected chi connectivity index (χ0v) is 16.9. The molecule has 1 aromatic carbocycles. The highest BCUT2D eigenvalue weighted by Crippen LogP contribution is 2.28. The van der Waals surface area contributed by atoms with E-state index in [1.165, 1.54) is 6.42 Å². The second kappa shape index (κ2) is 9.78. The number of ether oxygens (including phenoxy) is 1. The van der Waals surface area contributed by atoms with Gasteiger partial charge in [-0.2, -0.15) is 0 Å². The van der Waals surface area contributed by atoms with Crippen molar-refractivity contribution in [2.24, 2.45) is 0 Å². The van der Waals surface area contributed by atoms with Gasteiger partial charge in [0, 0.05) is 32.2 Å². The van der Waals surface area contributed by atoms with Crippen LogP contribution in [0, 0.1) is 0 Å². The van der Waals surface area contributed by atoms with Crippen molar-refractivity contribution >= 4 is 17.6 Å². The molecule has 0 aromatic heterocycles. The molecule has 1 saturated carbocycles. The van der Waals surface area contributed by atoms with Crippen LogP contribution >= 0.6 is 0 Å². The minimum atomic E-state index is -0.364. The van der Waals surface area contributed by atoms with Gasteiger partial charge in [-0.25, -0.2) is 4.79 Å². The Morgan fingerprint density at radius 2 is 1.75 bits per heavy atom. The predicted molar refractivity (Wildman–Crippen MR) is 110 cm³/mol. The summed E-state index contributed by atoms with van der Waals surface area (Å²) in [5.41, 5.74) is 1.08. The van der Waals surface area contributed by atoms with Crippen LogP contribution in [0.25, 0.3) is 0 Å². The molecular weight excluding hydrogens is 356 g/mol. The standard InChI is InChI=1S/C21H32N4O3/c1-16(20(26)23-21(27)22-17-8-4-3-5-9-17)24-12-14-25(15-13-24)18-10-6-7-11-19(18)28-2/h6-7,10-11,16-17H,3-5,8-9,12-15H2,1-2H3,(H2,22,23,26,27)/t16-/m0/s1. The van der Waals surface area contributed by atoms with E-state index < -0.39 is 0 Å². The Bertz CT molecular complexity index is 667. The first-order valence-electron chi connectivity index (χ1n) is 10.3. The van der Waals surface area contributed by atoms with E-state index in [4.69, 9.17) is 4.74 Å². The average Bonchev–Trinajstić information content (AvgIpc) is 2.74. The third-order valence-corrected chi connectivity index (χ3v) is 5.84. The van der Waals surface area contributed by atoms with Gasteiger partial charge < -0.3 is 15.0 Å². The van der Waals surface area contributed by atoms with Crippen molar-refractivity contribution in [1.82, 2.24) is 15.5 Å². The highest BCUT2D eigenvalue weighted by atomic mass is 16.5. The van der Waals surface area contributed by atoms with Crippen LogP contribution in [0.1, 0.15) is 39.0 Å². The molecule has 2 fully saturated rings. The highest BCUT2D eigenvalue weighted by Gasteiger charge is 2.28. The molecule has 1 atom stereocenters. The molecule has 1 aliphatic heterocycles. The SMILES string of the molecule is COc1ccccc1N1CCN([C@@H](C)C(=O)NC(=O)NC2CCCCC2)CC1. The van der Waals surface area contributed by atoms with E-state index in [9.17, 15) is 9.59 Å². The lowest BCUT2D eigenvalue weighted by molar-refractivity contribution is -0.124. The average molecular weight is 389 g/mol. The molecule has 154 valence electrons. The summed E-state index contributed by atoms with van der Waals surface area (Å²) in [4.78, 5) is 29.0. The van der Waals surface area contributed by atoms with E-state index in [2.05, 4.69) is 26.5 Å². The fourth-order valence-corrected chi connectivity index (χ4v) is 4.09. The number of hydrogen-bond donors (Lipinski definition) is 2. The van der Waals surface area contributed by atoms with Crippen molar-refractivity contribution in [3.8, 4) is 5.75 Å². The van der Waals surface area contributed by atoms with Crippen LogP contribution in [-0.2, 0) is 4.79 Å². The summed E-state index contributed by atoms with van der Waals surface area (Å²) in [6.07, 6.45) is 5.53. The van der Waals surface area contributed by atoms with Crippen molar-refractivity contribution in [3.63, 3.8) is 0 Å². The molecular formula is C21H32N4O3. The number of imide groups is 1. The number of urea groups is 1. The van der Waals surface area contributed by atoms with Gasteiger partial charge >= 0.3 is 6.03 Å². The monoisotopic (exact) mass is 388 g/mol. The first-order chi connectivity index (χ1) is 13.6. The van der Waals surface area contributed by atoms with Gasteiger partial charge in [0.25, 0.3) is 0 Å². The van der Waals surface area contributed by atoms with Crippen LogP contribution in [0.2, 0.25) is 0 Å². The molecule has 0 unspecified atom stereocenters. The maximum atomic E-state index is 12.5. The fourth-order valence-electron chi connectivity index (χ4n) is 4.09. The van der Waals surface area contributed by atoms with Crippen molar-refractivity contribution in [1.29, 1.82) is 0 Å². The number of nitrogens with zero attached hydrogens (tertiary/aromatic N) is 2. The number of para-hydroxylation sites is 2. The predicted octanol–water partition coefficient (Wildman–Crippen LogP) is 2.36. The Balaban J connectivity index is 1.46. The van der Waals surface area contributed by atoms with E-state index in [-0.39, 0.29) is 24.0 Å². The number of benzene rings is 1. The number of methoxy groups -OCH3 is 1. The molecule has 7 heteroatoms. The quantitative estimate of drug-likeness (QED) is 0.810. The Morgan fingerprint density at radius 1 is 1.07 bits per heavy atom. The molecule has 2 aliphatic rings. The molecule has 7 nitrogen and oxygen atoms in total. The van der Waals surface area contributed by atoms with E-state index in [0.29, 0.717) is 0 Å². The number of carbonyl (C=O) groups excluding carboxylic acids is 2. The van der Waals surface area contributed by atoms with Gasteiger partial charge in [-0.3, -0.25) is 15.0 Å². The number of carbonyl (C=O) groups is 2. The number of rotatable bonds is 5. The second-order valence-electron chi connectivity index (χ2n) is 7.67. The molecule has 1 aliphatic carbocycles. The summed E-state index contributed by atoms with van der Waals surface area (Å²) in [6.45, 7) is 5.01. The summed E-state index contributed by atoms with van der Waals surface area (Å²) < 4.78 is 5.45. The molecule has 1 heterocycles. The first kappa shape index (κ1) is 20.5. The Labute approximate surface area is 167 Å². The Hall–Kier alpha value is -2.28. The van der Waals surface area contributed by atoms with Crippen LogP contribution in [0.4, 0.5) is 10.5 Å². The van der Waals surface area contributed by atoms with E-state index in [0.717, 1.165) is 63.3 Å². The molecule has 3 rings (SSSR count). The molecule has 28 heavy (non-hydrogen) atoms. The highest BCUT2D eigenvalue weighted by molar-refractivity contribution is 5.96. The molecule has 1 saturated heterocycles. The third-order valence-electron chi connectivity index (χ3n) is 5.84. The maximum Gasteiger partial charge on any atom is 0.321 e. The zero-order valence-electron chi connectivity index (χ0n) is 16.9. The lowest BCUT2D eigenvalue weighted by Crippen LogP contribution is -2.56. The van der Waals surface area contributed by atoms with Crippen LogP contribution < -0.4 is 20.3 Å². The van der Waals surface area contributed by atoms with Gasteiger partial charge in [0.15, 0.2) is 0 Å². The van der Waals surface area contributed by atoms with Crippen LogP contribution in [0.3, 0.4) is 0 Å². The van der Waals surface area contributed by atoms with E-state index in [1.54, 1.807) is 7.11 Å². The minimum Gasteiger partial charge on any atom is -0.495 e. The summed E-state index contributed by atoms with van der Waals surface area (Å²) in [6, 6.07) is 7.48. The van der Waals surface area contributed by atoms with Gasteiger partial charge in [-0.15, -0.1) is 0 Å². The van der Waals surface area contributed by atoms with E-state index in [1.807, 2.05) is 25.1 Å². The molecule has 0 spiro atoms. The zero-order chi connectivity index (χ0) is 19.9. The topological polar surface area (TPSA) is 73.9 Å². The summed E-state index contributed by atoms with van der Waals surface area (Å²) in [7, 11) is 1.68. The Morgan fingerprint density at radius 3 is 2.43 bits per heavy atom. The smallest absolute Gasteiger partial charge is 0.321 e. The second-order valence-corrected chi connectivity index (χ2v) is 7.67. The van der Waals surface area contributed by atoms with Gasteiger partial charge in [0.2, 0.25) is 5.91 Å². The summed E-state index contributed by atoms with van der Waals surface area (Å²) >= 11 is 0. The molecule has 3 amide bonds. The molecule has 2 N–H and O–H groups in total. The summed E-state index contributed by atoms with van der Waals surface area (Å²) in [5, 5.41) is 5.46. The number of amides is 3. The molecule has 0 radical (unpaired) electrons. The van der Waals surface area contributed by atoms with Gasteiger partial charge in [-0.1, -0.05) is 31.4 Å². The van der Waals surface area contributed by atoms with E-state index >= 15 is 0 Å². The number of anilines is 1. The Kier molecular flexibility index (Phi) is 7.14. The largest absolute Gasteiger partial charge is 0.495 e.